The minimum atomic E-state index is -3.89. The van der Waals surface area contributed by atoms with E-state index in [-0.39, 0.29) is 60.5 Å². The molecule has 0 saturated carbocycles. The lowest BCUT2D eigenvalue weighted by atomic mass is 10.1. The third-order valence-corrected chi connectivity index (χ3v) is 10.3. The molecule has 0 spiro atoms. The van der Waals surface area contributed by atoms with Crippen molar-refractivity contribution in [1.82, 2.24) is 4.98 Å². The van der Waals surface area contributed by atoms with Gasteiger partial charge in [-0.15, -0.1) is 11.3 Å². The molecule has 0 aliphatic heterocycles. The molecule has 0 radical (unpaired) electrons. The lowest BCUT2D eigenvalue weighted by Gasteiger charge is -2.19. The Morgan fingerprint density at radius 2 is 1.65 bits per heavy atom. The first-order valence-electron chi connectivity index (χ1n) is 15.5. The molecular weight excluding hydrogens is 696 g/mol. The smallest absolute Gasteiger partial charge is 0.361 e. The Hall–Kier alpha value is -2.87. The summed E-state index contributed by atoms with van der Waals surface area (Å²) >= 11 is 6.60. The molecule has 2 unspecified atom stereocenters. The minimum absolute atomic E-state index is 0.00223. The standard InChI is InChI=1S/C33H43N2O9PS3/c1-22(2)16-31(37)47-15-13-42-45(39,41-12-11-40-30(36)17-24(5)21-46)29-8-6-26(7-9-29)44-28-19-25(18-27(20-28)43-23(3)4)32(38)35-33-34-10-14-48-33/h6-10,14,18-20,22-24,46H,11-13,15-17,21H2,1-5H3,(H,34,35,38). The number of rotatable bonds is 20. The van der Waals surface area contributed by atoms with Crippen LogP contribution in [0.15, 0.2) is 54.0 Å². The van der Waals surface area contributed by atoms with Gasteiger partial charge in [-0.05, 0) is 67.8 Å². The molecule has 0 fully saturated rings. The number of carbonyl (C=O) groups excluding carboxylic acids is 3. The molecule has 0 bridgehead atoms. The molecule has 262 valence electrons. The van der Waals surface area contributed by atoms with Gasteiger partial charge in [0, 0.05) is 41.8 Å². The van der Waals surface area contributed by atoms with Crippen LogP contribution >= 0.6 is 43.3 Å². The summed E-state index contributed by atoms with van der Waals surface area (Å²) in [6, 6.07) is 11.2. The maximum absolute atomic E-state index is 14.0. The van der Waals surface area contributed by atoms with E-state index in [1.807, 2.05) is 34.6 Å². The maximum atomic E-state index is 14.0. The number of hydrogen-bond donors (Lipinski definition) is 2. The minimum Gasteiger partial charge on any atom is -0.491 e. The van der Waals surface area contributed by atoms with E-state index < -0.39 is 13.6 Å². The second-order valence-electron chi connectivity index (χ2n) is 11.4. The molecule has 1 N–H and O–H groups in total. The van der Waals surface area contributed by atoms with Gasteiger partial charge in [0.05, 0.1) is 24.6 Å². The molecule has 1 heterocycles. The number of benzene rings is 2. The number of hydrogen-bond acceptors (Lipinski definition) is 13. The molecule has 2 aromatic carbocycles. The first-order chi connectivity index (χ1) is 22.9. The van der Waals surface area contributed by atoms with Crippen LogP contribution in [-0.4, -0.2) is 59.4 Å². The summed E-state index contributed by atoms with van der Waals surface area (Å²) in [5.74, 6) is 1.54. The quantitative estimate of drug-likeness (QED) is 0.0512. The molecule has 0 aliphatic rings. The van der Waals surface area contributed by atoms with Gasteiger partial charge in [-0.1, -0.05) is 32.5 Å². The molecule has 1 aromatic heterocycles. The Morgan fingerprint density at radius 1 is 0.938 bits per heavy atom. The van der Waals surface area contributed by atoms with E-state index in [9.17, 15) is 18.9 Å². The van der Waals surface area contributed by atoms with E-state index in [0.717, 1.165) is 11.8 Å². The highest BCUT2D eigenvalue weighted by Crippen LogP contribution is 2.47. The highest BCUT2D eigenvalue weighted by Gasteiger charge is 2.28. The largest absolute Gasteiger partial charge is 0.491 e. The first-order valence-corrected chi connectivity index (χ1v) is 19.5. The summed E-state index contributed by atoms with van der Waals surface area (Å²) in [5, 5.41) is 5.26. The van der Waals surface area contributed by atoms with Gasteiger partial charge >= 0.3 is 13.6 Å². The number of thiazole rings is 1. The lowest BCUT2D eigenvalue weighted by Crippen LogP contribution is -2.17. The Balaban J connectivity index is 1.74. The predicted molar refractivity (Wildman–Crippen MR) is 193 cm³/mol. The number of carbonyl (C=O) groups is 3. The third-order valence-electron chi connectivity index (χ3n) is 6.17. The van der Waals surface area contributed by atoms with Crippen molar-refractivity contribution in [2.45, 2.75) is 53.6 Å². The second-order valence-corrected chi connectivity index (χ2v) is 15.9. The fraction of sp³-hybridized carbons (Fsp3) is 0.455. The Morgan fingerprint density at radius 3 is 2.29 bits per heavy atom. The topological polar surface area (TPSA) is 139 Å². The molecule has 0 aliphatic carbocycles. The summed E-state index contributed by atoms with van der Waals surface area (Å²) in [6.07, 6.45) is 2.10. The maximum Gasteiger partial charge on any atom is 0.361 e. The molecule has 15 heteroatoms. The number of ether oxygens (including phenoxy) is 3. The van der Waals surface area contributed by atoms with E-state index >= 15 is 0 Å². The average molecular weight is 739 g/mol. The number of esters is 1. The van der Waals surface area contributed by atoms with Crippen LogP contribution in [0.25, 0.3) is 0 Å². The molecule has 1 amide bonds. The van der Waals surface area contributed by atoms with E-state index in [0.29, 0.717) is 45.9 Å². The molecule has 11 nitrogen and oxygen atoms in total. The number of nitrogens with zero attached hydrogens (tertiary/aromatic N) is 1. The Labute approximate surface area is 295 Å². The van der Waals surface area contributed by atoms with Crippen molar-refractivity contribution in [3.05, 3.63) is 59.6 Å². The van der Waals surface area contributed by atoms with Gasteiger partial charge in [-0.25, -0.2) is 4.98 Å². The van der Waals surface area contributed by atoms with Gasteiger partial charge in [0.2, 0.25) is 0 Å². The highest BCUT2D eigenvalue weighted by molar-refractivity contribution is 8.13. The van der Waals surface area contributed by atoms with Crippen LogP contribution in [0.3, 0.4) is 0 Å². The van der Waals surface area contributed by atoms with Crippen LogP contribution in [0.5, 0.6) is 17.2 Å². The van der Waals surface area contributed by atoms with Crippen LogP contribution in [0.1, 0.15) is 57.8 Å². The third kappa shape index (κ3) is 13.9. The van der Waals surface area contributed by atoms with E-state index in [2.05, 4.69) is 22.9 Å². The fourth-order valence-electron chi connectivity index (χ4n) is 4.00. The van der Waals surface area contributed by atoms with Crippen molar-refractivity contribution in [2.75, 3.05) is 36.6 Å². The number of nitrogens with one attached hydrogen (secondary N) is 1. The molecule has 2 atom stereocenters. The van der Waals surface area contributed by atoms with Gasteiger partial charge in [0.15, 0.2) is 10.2 Å². The summed E-state index contributed by atoms with van der Waals surface area (Å²) in [7, 11) is -3.89. The van der Waals surface area contributed by atoms with Crippen molar-refractivity contribution in [3.63, 3.8) is 0 Å². The van der Waals surface area contributed by atoms with Crippen LogP contribution < -0.4 is 20.1 Å². The van der Waals surface area contributed by atoms with Crippen LogP contribution in [0, 0.1) is 11.8 Å². The summed E-state index contributed by atoms with van der Waals surface area (Å²) < 4.78 is 42.6. The molecule has 48 heavy (non-hydrogen) atoms. The van der Waals surface area contributed by atoms with Gasteiger partial charge in [-0.2, -0.15) is 12.6 Å². The van der Waals surface area contributed by atoms with Gasteiger partial charge in [-0.3, -0.25) is 24.3 Å². The number of aromatic nitrogens is 1. The zero-order chi connectivity index (χ0) is 35.1. The predicted octanol–water partition coefficient (Wildman–Crippen LogP) is 7.63. The zero-order valence-corrected chi connectivity index (χ0v) is 31.1. The van der Waals surface area contributed by atoms with Gasteiger partial charge in [0.25, 0.3) is 5.91 Å². The van der Waals surface area contributed by atoms with Gasteiger partial charge in [0.1, 0.15) is 23.9 Å². The Bertz CT molecular complexity index is 1520. The molecular formula is C33H43N2O9PS3. The van der Waals surface area contributed by atoms with Crippen molar-refractivity contribution in [2.24, 2.45) is 11.8 Å². The summed E-state index contributed by atoms with van der Waals surface area (Å²) in [5.41, 5.74) is 0.312. The van der Waals surface area contributed by atoms with Gasteiger partial charge < -0.3 is 23.3 Å². The number of thioether (sulfide) groups is 1. The van der Waals surface area contributed by atoms with E-state index in [1.165, 1.54) is 11.3 Å². The van der Waals surface area contributed by atoms with Crippen LogP contribution in [0.2, 0.25) is 0 Å². The summed E-state index contributed by atoms with van der Waals surface area (Å²) in [4.78, 5) is 41.2. The second kappa shape index (κ2) is 20.0. The lowest BCUT2D eigenvalue weighted by molar-refractivity contribution is -0.145. The Kier molecular flexibility index (Phi) is 16.5. The zero-order valence-electron chi connectivity index (χ0n) is 27.7. The summed E-state index contributed by atoms with van der Waals surface area (Å²) in [6.45, 7) is 9.29. The normalized spacial score (nSPS) is 13.2. The number of amides is 1. The van der Waals surface area contributed by atoms with Crippen LogP contribution in [-0.2, 0) is 27.9 Å². The average Bonchev–Trinajstić information content (AvgIpc) is 3.54. The van der Waals surface area contributed by atoms with Crippen LogP contribution in [0.4, 0.5) is 5.13 Å². The van der Waals surface area contributed by atoms with Crippen molar-refractivity contribution in [3.8, 4) is 17.2 Å². The van der Waals surface area contributed by atoms with Crippen molar-refractivity contribution >= 4 is 70.8 Å². The molecule has 3 aromatic rings. The highest BCUT2D eigenvalue weighted by atomic mass is 32.2. The van der Waals surface area contributed by atoms with Crippen molar-refractivity contribution < 1.29 is 42.2 Å². The fourth-order valence-corrected chi connectivity index (χ4v) is 7.16. The SMILES string of the molecule is CC(C)CC(=O)SCCOP(=O)(OCCOC(=O)CC(C)CS)c1ccc(Oc2cc(OC(C)C)cc(C(=O)Nc3nccs3)c2)cc1. The monoisotopic (exact) mass is 738 g/mol. The number of anilines is 1. The number of thiol groups is 1. The molecule has 0 saturated heterocycles. The van der Waals surface area contributed by atoms with Crippen molar-refractivity contribution in [1.29, 1.82) is 0 Å². The molecule has 3 rings (SSSR count). The first kappa shape index (κ1) is 39.6. The van der Waals surface area contributed by atoms with E-state index in [1.54, 1.807) is 54.0 Å². The van der Waals surface area contributed by atoms with E-state index in [4.69, 9.17) is 23.3 Å².